The van der Waals surface area contributed by atoms with Crippen LogP contribution in [0.3, 0.4) is 0 Å². The van der Waals surface area contributed by atoms with Gasteiger partial charge in [0.15, 0.2) is 5.78 Å². The Bertz CT molecular complexity index is 76.6. The zero-order valence-electron chi connectivity index (χ0n) is 5.05. The van der Waals surface area contributed by atoms with Gasteiger partial charge in [-0.15, -0.1) is 0 Å². The SMILES string of the molecule is [CH2]C(O)C(=O)CCC. The molecule has 0 saturated carbocycles. The summed E-state index contributed by atoms with van der Waals surface area (Å²) in [5.41, 5.74) is 0. The Balaban J connectivity index is 3.33. The molecule has 0 aromatic carbocycles. The van der Waals surface area contributed by atoms with Crippen LogP contribution >= 0.6 is 0 Å². The number of hydrogen-bond acceptors (Lipinski definition) is 2. The first kappa shape index (κ1) is 7.63. The Labute approximate surface area is 49.5 Å². The van der Waals surface area contributed by atoms with E-state index < -0.39 is 6.10 Å². The zero-order chi connectivity index (χ0) is 6.57. The van der Waals surface area contributed by atoms with Crippen molar-refractivity contribution in [2.75, 3.05) is 0 Å². The molecule has 0 aromatic heterocycles. The number of aliphatic hydroxyl groups is 1. The van der Waals surface area contributed by atoms with E-state index in [1.54, 1.807) is 0 Å². The largest absolute Gasteiger partial charge is 0.385 e. The summed E-state index contributed by atoms with van der Waals surface area (Å²) in [6.45, 7) is 5.05. The van der Waals surface area contributed by atoms with Crippen molar-refractivity contribution < 1.29 is 9.90 Å². The summed E-state index contributed by atoms with van der Waals surface area (Å²) in [5, 5.41) is 8.49. The number of carbonyl (C=O) groups is 1. The van der Waals surface area contributed by atoms with E-state index in [-0.39, 0.29) is 5.78 Å². The highest BCUT2D eigenvalue weighted by atomic mass is 16.3. The standard InChI is InChI=1S/C6H11O2/c1-3-4-6(8)5(2)7/h5,7H,2-4H2,1H3. The molecule has 0 rings (SSSR count). The van der Waals surface area contributed by atoms with E-state index in [1.807, 2.05) is 6.92 Å². The van der Waals surface area contributed by atoms with E-state index in [0.717, 1.165) is 6.42 Å². The minimum absolute atomic E-state index is 0.174. The second-order valence-corrected chi connectivity index (χ2v) is 1.73. The van der Waals surface area contributed by atoms with Crippen molar-refractivity contribution in [3.8, 4) is 0 Å². The molecular formula is C6H11O2. The van der Waals surface area contributed by atoms with Crippen LogP contribution in [-0.2, 0) is 4.79 Å². The summed E-state index contributed by atoms with van der Waals surface area (Å²) in [5.74, 6) is -0.174. The van der Waals surface area contributed by atoms with Crippen molar-refractivity contribution >= 4 is 5.78 Å². The molecule has 0 fully saturated rings. The van der Waals surface area contributed by atoms with Crippen LogP contribution in [0.2, 0.25) is 0 Å². The van der Waals surface area contributed by atoms with E-state index in [2.05, 4.69) is 6.92 Å². The van der Waals surface area contributed by atoms with Crippen LogP contribution in [-0.4, -0.2) is 17.0 Å². The maximum absolute atomic E-state index is 10.4. The van der Waals surface area contributed by atoms with Crippen molar-refractivity contribution in [3.05, 3.63) is 6.92 Å². The lowest BCUT2D eigenvalue weighted by Gasteiger charge is -1.98. The summed E-state index contributed by atoms with van der Waals surface area (Å²) in [6, 6.07) is 0. The summed E-state index contributed by atoms with van der Waals surface area (Å²) in [7, 11) is 0. The first-order valence-electron chi connectivity index (χ1n) is 2.72. The van der Waals surface area contributed by atoms with E-state index in [0.29, 0.717) is 6.42 Å². The number of Topliss-reactive ketones (excluding diaryl/α,β-unsaturated/α-hetero) is 1. The van der Waals surface area contributed by atoms with Gasteiger partial charge in [0.1, 0.15) is 6.10 Å². The summed E-state index contributed by atoms with van der Waals surface area (Å²) in [6.07, 6.45) is 0.200. The number of aliphatic hydroxyl groups excluding tert-OH is 1. The van der Waals surface area contributed by atoms with Gasteiger partial charge in [0.2, 0.25) is 0 Å². The van der Waals surface area contributed by atoms with Gasteiger partial charge in [-0.1, -0.05) is 6.92 Å². The van der Waals surface area contributed by atoms with Gasteiger partial charge in [0, 0.05) is 6.42 Å². The van der Waals surface area contributed by atoms with Gasteiger partial charge >= 0.3 is 0 Å². The first-order chi connectivity index (χ1) is 3.68. The maximum atomic E-state index is 10.4. The normalized spacial score (nSPS) is 13.4. The molecule has 1 unspecified atom stereocenters. The zero-order valence-corrected chi connectivity index (χ0v) is 5.05. The highest BCUT2D eigenvalue weighted by Gasteiger charge is 2.05. The van der Waals surface area contributed by atoms with E-state index >= 15 is 0 Å². The molecule has 0 heterocycles. The average molecular weight is 115 g/mol. The lowest BCUT2D eigenvalue weighted by Crippen LogP contribution is -2.15. The highest BCUT2D eigenvalue weighted by molar-refractivity contribution is 5.83. The second-order valence-electron chi connectivity index (χ2n) is 1.73. The molecule has 1 atom stereocenters. The fraction of sp³-hybridized carbons (Fsp3) is 0.667. The molecule has 47 valence electrons. The first-order valence-corrected chi connectivity index (χ1v) is 2.72. The van der Waals surface area contributed by atoms with Gasteiger partial charge in [0.05, 0.1) is 0 Å². The lowest BCUT2D eigenvalue weighted by molar-refractivity contribution is -0.125. The van der Waals surface area contributed by atoms with Crippen LogP contribution in [0.25, 0.3) is 0 Å². The van der Waals surface area contributed by atoms with E-state index in [4.69, 9.17) is 5.11 Å². The van der Waals surface area contributed by atoms with E-state index in [9.17, 15) is 4.79 Å². The Hall–Kier alpha value is -0.370. The Morgan fingerprint density at radius 2 is 2.38 bits per heavy atom. The van der Waals surface area contributed by atoms with Crippen molar-refractivity contribution in [1.29, 1.82) is 0 Å². The fourth-order valence-corrected chi connectivity index (χ4v) is 0.413. The highest BCUT2D eigenvalue weighted by Crippen LogP contribution is 1.92. The lowest BCUT2D eigenvalue weighted by atomic mass is 10.2. The molecule has 0 bridgehead atoms. The molecule has 1 N–H and O–H groups in total. The number of ketones is 1. The molecule has 0 amide bonds. The molecule has 0 saturated heterocycles. The smallest absolute Gasteiger partial charge is 0.161 e. The topological polar surface area (TPSA) is 37.3 Å². The number of rotatable bonds is 3. The van der Waals surface area contributed by atoms with Gasteiger partial charge in [-0.2, -0.15) is 0 Å². The van der Waals surface area contributed by atoms with Crippen molar-refractivity contribution in [1.82, 2.24) is 0 Å². The Morgan fingerprint density at radius 1 is 1.88 bits per heavy atom. The van der Waals surface area contributed by atoms with Crippen molar-refractivity contribution in [3.63, 3.8) is 0 Å². The molecule has 2 nitrogen and oxygen atoms in total. The van der Waals surface area contributed by atoms with Gasteiger partial charge < -0.3 is 5.11 Å². The monoisotopic (exact) mass is 115 g/mol. The number of carbonyl (C=O) groups excluding carboxylic acids is 1. The average Bonchev–Trinajstić information content (AvgIpc) is 1.67. The van der Waals surface area contributed by atoms with Crippen LogP contribution in [0.1, 0.15) is 19.8 Å². The van der Waals surface area contributed by atoms with Crippen molar-refractivity contribution in [2.45, 2.75) is 25.9 Å². The molecule has 0 aliphatic heterocycles. The van der Waals surface area contributed by atoms with Crippen LogP contribution < -0.4 is 0 Å². The molecule has 0 aliphatic carbocycles. The van der Waals surface area contributed by atoms with Crippen LogP contribution in [0, 0.1) is 6.92 Å². The molecule has 2 heteroatoms. The maximum Gasteiger partial charge on any atom is 0.161 e. The van der Waals surface area contributed by atoms with Gasteiger partial charge in [-0.25, -0.2) is 0 Å². The minimum Gasteiger partial charge on any atom is -0.385 e. The third-order valence-corrected chi connectivity index (χ3v) is 0.868. The molecule has 1 radical (unpaired) electrons. The van der Waals surface area contributed by atoms with Gasteiger partial charge in [0.25, 0.3) is 0 Å². The van der Waals surface area contributed by atoms with E-state index in [1.165, 1.54) is 0 Å². The third-order valence-electron chi connectivity index (χ3n) is 0.868. The van der Waals surface area contributed by atoms with Crippen LogP contribution in [0.4, 0.5) is 0 Å². The third kappa shape index (κ3) is 2.75. The second kappa shape index (κ2) is 3.61. The van der Waals surface area contributed by atoms with Crippen molar-refractivity contribution in [2.24, 2.45) is 0 Å². The predicted octanol–water partition coefficient (Wildman–Crippen LogP) is 0.551. The quantitative estimate of drug-likeness (QED) is 0.583. The van der Waals surface area contributed by atoms with Crippen LogP contribution in [0.15, 0.2) is 0 Å². The fourth-order valence-electron chi connectivity index (χ4n) is 0.413. The molecule has 0 aromatic rings. The molecular weight excluding hydrogens is 104 g/mol. The Kier molecular flexibility index (Phi) is 3.44. The van der Waals surface area contributed by atoms with Gasteiger partial charge in [-0.05, 0) is 13.3 Å². The molecule has 0 spiro atoms. The van der Waals surface area contributed by atoms with Crippen LogP contribution in [0.5, 0.6) is 0 Å². The number of hydrogen-bond donors (Lipinski definition) is 1. The molecule has 0 aliphatic rings. The predicted molar refractivity (Wildman–Crippen MR) is 31.3 cm³/mol. The van der Waals surface area contributed by atoms with Gasteiger partial charge in [-0.3, -0.25) is 4.79 Å². The summed E-state index contributed by atoms with van der Waals surface area (Å²) >= 11 is 0. The minimum atomic E-state index is -1.02. The summed E-state index contributed by atoms with van der Waals surface area (Å²) in [4.78, 5) is 10.4. The Morgan fingerprint density at radius 3 is 2.50 bits per heavy atom. The molecule has 8 heavy (non-hydrogen) atoms. The summed E-state index contributed by atoms with van der Waals surface area (Å²) < 4.78 is 0.